The van der Waals surface area contributed by atoms with Crippen molar-refractivity contribution in [2.45, 2.75) is 37.7 Å². The molecule has 0 aromatic heterocycles. The van der Waals surface area contributed by atoms with Crippen molar-refractivity contribution in [1.29, 1.82) is 0 Å². The molecule has 2 N–H and O–H groups in total. The summed E-state index contributed by atoms with van der Waals surface area (Å²) in [7, 11) is -3.93. The lowest BCUT2D eigenvalue weighted by Crippen LogP contribution is -2.40. The van der Waals surface area contributed by atoms with Crippen LogP contribution in [0.15, 0.2) is 53.4 Å². The predicted molar refractivity (Wildman–Crippen MR) is 112 cm³/mol. The summed E-state index contributed by atoms with van der Waals surface area (Å²) in [6.45, 7) is 5.68. The molecule has 0 heterocycles. The van der Waals surface area contributed by atoms with Crippen molar-refractivity contribution < 1.29 is 22.9 Å². The first-order valence-corrected chi connectivity index (χ1v) is 10.9. The fourth-order valence-corrected chi connectivity index (χ4v) is 3.64. The van der Waals surface area contributed by atoms with Crippen molar-refractivity contribution in [2.24, 2.45) is 0 Å². The number of hydrogen-bond donors (Lipinski definition) is 2. The quantitative estimate of drug-likeness (QED) is 0.335. The number of benzene rings is 2. The Labute approximate surface area is 175 Å². The molecule has 0 radical (unpaired) electrons. The Bertz CT molecular complexity index is 1010. The van der Waals surface area contributed by atoms with Crippen molar-refractivity contribution in [3.05, 3.63) is 64.2 Å². The van der Waals surface area contributed by atoms with E-state index in [2.05, 4.69) is 23.9 Å². The molecule has 2 aromatic carbocycles. The third kappa shape index (κ3) is 6.53. The van der Waals surface area contributed by atoms with E-state index in [-0.39, 0.29) is 29.6 Å². The lowest BCUT2D eigenvalue weighted by Gasteiger charge is -2.16. The highest BCUT2D eigenvalue weighted by molar-refractivity contribution is 7.89. The monoisotopic (exact) mass is 435 g/mol. The van der Waals surface area contributed by atoms with E-state index in [4.69, 9.17) is 4.74 Å². The minimum Gasteiger partial charge on any atom is -0.481 e. The third-order valence-electron chi connectivity index (χ3n) is 4.26. The van der Waals surface area contributed by atoms with Gasteiger partial charge in [-0.3, -0.25) is 14.9 Å². The van der Waals surface area contributed by atoms with Gasteiger partial charge in [0.25, 0.3) is 11.6 Å². The van der Waals surface area contributed by atoms with Crippen LogP contribution in [0, 0.1) is 10.1 Å². The van der Waals surface area contributed by atoms with Gasteiger partial charge in [0.05, 0.1) is 9.82 Å². The number of nitro groups is 1. The van der Waals surface area contributed by atoms with Crippen LogP contribution >= 0.6 is 0 Å². The Kier molecular flexibility index (Phi) is 7.90. The number of non-ortho nitro benzene ring substituents is 1. The third-order valence-corrected chi connectivity index (χ3v) is 5.72. The number of nitrogens with one attached hydrogen (secondary N) is 2. The Morgan fingerprint density at radius 2 is 1.80 bits per heavy atom. The van der Waals surface area contributed by atoms with Crippen LogP contribution in [0.25, 0.3) is 0 Å². The van der Waals surface area contributed by atoms with Crippen molar-refractivity contribution in [2.75, 3.05) is 13.1 Å². The standard InChI is InChI=1S/C20H25N3O6S/c1-14(2)16-6-4-8-18(12-16)29-15(3)20(24)21-10-11-22-30(27,28)19-9-5-7-17(13-19)23(25)26/h4-9,12-15,22H,10-11H2,1-3H3,(H,21,24). The number of carbonyl (C=O) groups is 1. The Hall–Kier alpha value is -2.98. The summed E-state index contributed by atoms with van der Waals surface area (Å²) in [6.07, 6.45) is -0.763. The molecular weight excluding hydrogens is 410 g/mol. The molecule has 0 aliphatic rings. The average molecular weight is 436 g/mol. The summed E-state index contributed by atoms with van der Waals surface area (Å²) in [4.78, 5) is 22.1. The second kappa shape index (κ2) is 10.2. The highest BCUT2D eigenvalue weighted by Gasteiger charge is 2.18. The molecule has 9 nitrogen and oxygen atoms in total. The molecule has 1 amide bonds. The van der Waals surface area contributed by atoms with Crippen molar-refractivity contribution >= 4 is 21.6 Å². The summed E-state index contributed by atoms with van der Waals surface area (Å²) in [5.41, 5.74) is 0.773. The van der Waals surface area contributed by atoms with E-state index in [1.807, 2.05) is 18.2 Å². The van der Waals surface area contributed by atoms with Crippen molar-refractivity contribution in [3.63, 3.8) is 0 Å². The van der Waals surface area contributed by atoms with Gasteiger partial charge in [-0.15, -0.1) is 0 Å². The minimum atomic E-state index is -3.93. The van der Waals surface area contributed by atoms with Gasteiger partial charge in [0.2, 0.25) is 10.0 Å². The van der Waals surface area contributed by atoms with Crippen LogP contribution in [0.4, 0.5) is 5.69 Å². The molecule has 0 aliphatic carbocycles. The Balaban J connectivity index is 1.84. The zero-order chi connectivity index (χ0) is 22.3. The lowest BCUT2D eigenvalue weighted by atomic mass is 10.0. The maximum absolute atomic E-state index is 12.2. The van der Waals surface area contributed by atoms with Gasteiger partial charge in [0.15, 0.2) is 6.10 Å². The summed E-state index contributed by atoms with van der Waals surface area (Å²) in [5.74, 6) is 0.520. The normalized spacial score (nSPS) is 12.4. The molecule has 10 heteroatoms. The average Bonchev–Trinajstić information content (AvgIpc) is 2.71. The zero-order valence-electron chi connectivity index (χ0n) is 17.0. The summed E-state index contributed by atoms with van der Waals surface area (Å²) < 4.78 is 32.4. The summed E-state index contributed by atoms with van der Waals surface area (Å²) in [5, 5.41) is 13.4. The highest BCUT2D eigenvalue weighted by Crippen LogP contribution is 2.21. The molecule has 30 heavy (non-hydrogen) atoms. The van der Waals surface area contributed by atoms with E-state index in [1.54, 1.807) is 13.0 Å². The van der Waals surface area contributed by atoms with Gasteiger partial charge in [-0.05, 0) is 36.6 Å². The lowest BCUT2D eigenvalue weighted by molar-refractivity contribution is -0.385. The highest BCUT2D eigenvalue weighted by atomic mass is 32.2. The molecule has 2 aromatic rings. The number of rotatable bonds is 10. The molecule has 1 unspecified atom stereocenters. The topological polar surface area (TPSA) is 128 Å². The first kappa shape index (κ1) is 23.3. The van der Waals surface area contributed by atoms with Gasteiger partial charge in [0.1, 0.15) is 5.75 Å². The Morgan fingerprint density at radius 3 is 2.47 bits per heavy atom. The first-order valence-electron chi connectivity index (χ1n) is 9.38. The summed E-state index contributed by atoms with van der Waals surface area (Å²) >= 11 is 0. The van der Waals surface area contributed by atoms with Crippen LogP contribution in [0.1, 0.15) is 32.3 Å². The van der Waals surface area contributed by atoms with Crippen LogP contribution in [-0.2, 0) is 14.8 Å². The van der Waals surface area contributed by atoms with E-state index in [0.717, 1.165) is 11.6 Å². The molecule has 0 fully saturated rings. The summed E-state index contributed by atoms with van der Waals surface area (Å²) in [6, 6.07) is 12.2. The number of sulfonamides is 1. The number of hydrogen-bond acceptors (Lipinski definition) is 6. The zero-order valence-corrected chi connectivity index (χ0v) is 17.8. The first-order chi connectivity index (χ1) is 14.1. The van der Waals surface area contributed by atoms with Gasteiger partial charge < -0.3 is 10.1 Å². The molecule has 162 valence electrons. The number of ether oxygens (including phenoxy) is 1. The van der Waals surface area contributed by atoms with E-state index in [1.165, 1.54) is 18.2 Å². The molecule has 0 saturated carbocycles. The van der Waals surface area contributed by atoms with Crippen molar-refractivity contribution in [3.8, 4) is 5.75 Å². The van der Waals surface area contributed by atoms with Gasteiger partial charge in [-0.25, -0.2) is 13.1 Å². The number of nitrogens with zero attached hydrogens (tertiary/aromatic N) is 1. The van der Waals surface area contributed by atoms with E-state index in [9.17, 15) is 23.3 Å². The minimum absolute atomic E-state index is 0.0344. The predicted octanol–water partition coefficient (Wildman–Crippen LogP) is 2.58. The van der Waals surface area contributed by atoms with Crippen LogP contribution in [0.2, 0.25) is 0 Å². The second-order valence-electron chi connectivity index (χ2n) is 6.93. The van der Waals surface area contributed by atoms with Gasteiger partial charge >= 0.3 is 0 Å². The van der Waals surface area contributed by atoms with Crippen LogP contribution in [0.5, 0.6) is 5.75 Å². The molecular formula is C20H25N3O6S. The Morgan fingerprint density at radius 1 is 1.10 bits per heavy atom. The van der Waals surface area contributed by atoms with Crippen molar-refractivity contribution in [1.82, 2.24) is 10.0 Å². The number of amides is 1. The molecule has 0 bridgehead atoms. The van der Waals surface area contributed by atoms with Crippen LogP contribution in [0.3, 0.4) is 0 Å². The van der Waals surface area contributed by atoms with Crippen LogP contribution in [-0.4, -0.2) is 38.4 Å². The van der Waals surface area contributed by atoms with Gasteiger partial charge in [0, 0.05) is 25.2 Å². The second-order valence-corrected chi connectivity index (χ2v) is 8.70. The fourth-order valence-electron chi connectivity index (χ4n) is 2.57. The SMILES string of the molecule is CC(Oc1cccc(C(C)C)c1)C(=O)NCCNS(=O)(=O)c1cccc([N+](=O)[O-])c1. The molecule has 0 spiro atoms. The molecule has 0 aliphatic heterocycles. The molecule has 0 saturated heterocycles. The maximum Gasteiger partial charge on any atom is 0.270 e. The van der Waals surface area contributed by atoms with Gasteiger partial charge in [-0.2, -0.15) is 0 Å². The fraction of sp³-hybridized carbons (Fsp3) is 0.350. The largest absolute Gasteiger partial charge is 0.481 e. The maximum atomic E-state index is 12.2. The van der Waals surface area contributed by atoms with E-state index >= 15 is 0 Å². The smallest absolute Gasteiger partial charge is 0.270 e. The molecule has 2 rings (SSSR count). The van der Waals surface area contributed by atoms with Gasteiger partial charge in [-0.1, -0.05) is 32.0 Å². The molecule has 1 atom stereocenters. The number of carbonyl (C=O) groups excluding carboxylic acids is 1. The van der Waals surface area contributed by atoms with Crippen LogP contribution < -0.4 is 14.8 Å². The van der Waals surface area contributed by atoms with E-state index < -0.39 is 21.1 Å². The number of nitro benzene ring substituents is 1. The van der Waals surface area contributed by atoms with E-state index in [0.29, 0.717) is 11.7 Å².